The number of carbonyl (C=O) groups is 1. The molecular weight excluding hydrogens is 238 g/mol. The summed E-state index contributed by atoms with van der Waals surface area (Å²) in [5, 5.41) is 0. The Balaban J connectivity index is 2.12. The average molecular weight is 261 g/mol. The Kier molecular flexibility index (Phi) is 3.83. The molecule has 1 saturated heterocycles. The van der Waals surface area contributed by atoms with Gasteiger partial charge in [0.1, 0.15) is 5.60 Å². The van der Waals surface area contributed by atoms with Gasteiger partial charge in [0.05, 0.1) is 6.04 Å². The molecule has 104 valence electrons. The number of hydrogen-bond donors (Lipinski definition) is 0. The Bertz CT molecular complexity index is 445. The van der Waals surface area contributed by atoms with E-state index in [0.29, 0.717) is 0 Å². The number of hydrogen-bond acceptors (Lipinski definition) is 2. The van der Waals surface area contributed by atoms with Crippen LogP contribution in [-0.4, -0.2) is 23.1 Å². The van der Waals surface area contributed by atoms with Gasteiger partial charge in [-0.3, -0.25) is 0 Å². The summed E-state index contributed by atoms with van der Waals surface area (Å²) < 4.78 is 5.48. The van der Waals surface area contributed by atoms with Crippen molar-refractivity contribution in [2.24, 2.45) is 0 Å². The van der Waals surface area contributed by atoms with Gasteiger partial charge in [0, 0.05) is 6.54 Å². The van der Waals surface area contributed by atoms with Crippen LogP contribution in [0.15, 0.2) is 24.3 Å². The predicted molar refractivity (Wildman–Crippen MR) is 76.1 cm³/mol. The van der Waals surface area contributed by atoms with Crippen LogP contribution in [0.4, 0.5) is 4.79 Å². The second-order valence-electron chi connectivity index (χ2n) is 6.24. The molecule has 1 atom stereocenters. The molecule has 0 spiro atoms. The van der Waals surface area contributed by atoms with Crippen LogP contribution in [0.2, 0.25) is 0 Å². The second-order valence-corrected chi connectivity index (χ2v) is 6.24. The number of carbonyl (C=O) groups excluding carboxylic acids is 1. The lowest BCUT2D eigenvalue weighted by atomic mass is 10.0. The van der Waals surface area contributed by atoms with Gasteiger partial charge in [-0.15, -0.1) is 0 Å². The van der Waals surface area contributed by atoms with Crippen LogP contribution >= 0.6 is 0 Å². The third-order valence-electron chi connectivity index (χ3n) is 3.34. The predicted octanol–water partition coefficient (Wildman–Crippen LogP) is 4.07. The molecule has 1 aliphatic rings. The Morgan fingerprint density at radius 3 is 2.47 bits per heavy atom. The Morgan fingerprint density at radius 2 is 1.89 bits per heavy atom. The smallest absolute Gasteiger partial charge is 0.410 e. The van der Waals surface area contributed by atoms with Crippen molar-refractivity contribution >= 4 is 6.09 Å². The number of likely N-dealkylation sites (tertiary alicyclic amines) is 1. The SMILES string of the molecule is Cc1ccc(C2CCCN2C(=O)OC(C)(C)C)cc1. The van der Waals surface area contributed by atoms with E-state index in [0.717, 1.165) is 19.4 Å². The van der Waals surface area contributed by atoms with Crippen LogP contribution in [0, 0.1) is 6.92 Å². The van der Waals surface area contributed by atoms with Crippen LogP contribution < -0.4 is 0 Å². The Labute approximate surface area is 115 Å². The van der Waals surface area contributed by atoms with Crippen LogP contribution in [0.1, 0.15) is 50.8 Å². The molecule has 0 aliphatic carbocycles. The van der Waals surface area contributed by atoms with Crippen molar-refractivity contribution in [2.45, 2.75) is 52.2 Å². The average Bonchev–Trinajstić information content (AvgIpc) is 2.76. The highest BCUT2D eigenvalue weighted by Crippen LogP contribution is 2.33. The zero-order valence-electron chi connectivity index (χ0n) is 12.3. The molecule has 1 aliphatic heterocycles. The number of nitrogens with zero attached hydrogens (tertiary/aromatic N) is 1. The Hall–Kier alpha value is -1.51. The van der Waals surface area contributed by atoms with Gasteiger partial charge in [0.2, 0.25) is 0 Å². The van der Waals surface area contributed by atoms with Crippen molar-refractivity contribution < 1.29 is 9.53 Å². The number of aryl methyl sites for hydroxylation is 1. The molecule has 0 aromatic heterocycles. The van der Waals surface area contributed by atoms with Crippen molar-refractivity contribution in [1.29, 1.82) is 0 Å². The number of amides is 1. The summed E-state index contributed by atoms with van der Waals surface area (Å²) in [6.07, 6.45) is 1.86. The maximum atomic E-state index is 12.2. The quantitative estimate of drug-likeness (QED) is 0.762. The molecule has 0 N–H and O–H groups in total. The largest absolute Gasteiger partial charge is 0.444 e. The van der Waals surface area contributed by atoms with Gasteiger partial charge in [0.15, 0.2) is 0 Å². The lowest BCUT2D eigenvalue weighted by Crippen LogP contribution is -2.36. The van der Waals surface area contributed by atoms with Gasteiger partial charge < -0.3 is 9.64 Å². The van der Waals surface area contributed by atoms with Gasteiger partial charge in [-0.1, -0.05) is 29.8 Å². The van der Waals surface area contributed by atoms with E-state index in [1.807, 2.05) is 25.7 Å². The van der Waals surface area contributed by atoms with Crippen LogP contribution in [0.25, 0.3) is 0 Å². The van der Waals surface area contributed by atoms with E-state index in [-0.39, 0.29) is 12.1 Å². The van der Waals surface area contributed by atoms with Crippen LogP contribution in [0.5, 0.6) is 0 Å². The van der Waals surface area contributed by atoms with E-state index in [9.17, 15) is 4.79 Å². The first kappa shape index (κ1) is 13.9. The summed E-state index contributed by atoms with van der Waals surface area (Å²) in [6.45, 7) is 8.57. The van der Waals surface area contributed by atoms with E-state index in [1.165, 1.54) is 11.1 Å². The minimum atomic E-state index is -0.433. The zero-order valence-corrected chi connectivity index (χ0v) is 12.3. The number of benzene rings is 1. The van der Waals surface area contributed by atoms with Gasteiger partial charge in [0.25, 0.3) is 0 Å². The van der Waals surface area contributed by atoms with E-state index >= 15 is 0 Å². The molecule has 2 rings (SSSR count). The number of rotatable bonds is 1. The molecule has 1 aromatic carbocycles. The van der Waals surface area contributed by atoms with Crippen molar-refractivity contribution in [2.75, 3.05) is 6.54 Å². The minimum absolute atomic E-state index is 0.162. The topological polar surface area (TPSA) is 29.5 Å². The summed E-state index contributed by atoms with van der Waals surface area (Å²) in [6, 6.07) is 8.59. The molecule has 1 unspecified atom stereocenters. The molecular formula is C16H23NO2. The molecule has 1 fully saturated rings. The zero-order chi connectivity index (χ0) is 14.0. The summed E-state index contributed by atoms with van der Waals surface area (Å²) >= 11 is 0. The molecule has 19 heavy (non-hydrogen) atoms. The van der Waals surface area contributed by atoms with E-state index in [1.54, 1.807) is 0 Å². The van der Waals surface area contributed by atoms with E-state index in [4.69, 9.17) is 4.74 Å². The second kappa shape index (κ2) is 5.24. The summed E-state index contributed by atoms with van der Waals surface area (Å²) in [4.78, 5) is 14.1. The monoisotopic (exact) mass is 261 g/mol. The van der Waals surface area contributed by atoms with Crippen molar-refractivity contribution in [3.05, 3.63) is 35.4 Å². The fourth-order valence-corrected chi connectivity index (χ4v) is 2.44. The molecule has 0 bridgehead atoms. The summed E-state index contributed by atoms with van der Waals surface area (Å²) in [5.74, 6) is 0. The maximum Gasteiger partial charge on any atom is 0.410 e. The minimum Gasteiger partial charge on any atom is -0.444 e. The van der Waals surface area contributed by atoms with Crippen molar-refractivity contribution in [3.8, 4) is 0 Å². The molecule has 0 radical (unpaired) electrons. The van der Waals surface area contributed by atoms with Gasteiger partial charge in [-0.25, -0.2) is 4.79 Å². The highest BCUT2D eigenvalue weighted by Gasteiger charge is 2.32. The fourth-order valence-electron chi connectivity index (χ4n) is 2.44. The third-order valence-corrected chi connectivity index (χ3v) is 3.34. The van der Waals surface area contributed by atoms with Gasteiger partial charge >= 0.3 is 6.09 Å². The molecule has 1 aromatic rings. The molecule has 1 heterocycles. The third kappa shape index (κ3) is 3.49. The fraction of sp³-hybridized carbons (Fsp3) is 0.562. The van der Waals surface area contributed by atoms with E-state index in [2.05, 4.69) is 31.2 Å². The maximum absolute atomic E-state index is 12.2. The highest BCUT2D eigenvalue weighted by atomic mass is 16.6. The van der Waals surface area contributed by atoms with Crippen molar-refractivity contribution in [1.82, 2.24) is 4.90 Å². The molecule has 3 heteroatoms. The summed E-state index contributed by atoms with van der Waals surface area (Å²) in [5.41, 5.74) is 2.01. The van der Waals surface area contributed by atoms with Crippen molar-refractivity contribution in [3.63, 3.8) is 0 Å². The Morgan fingerprint density at radius 1 is 1.26 bits per heavy atom. The molecule has 0 saturated carbocycles. The highest BCUT2D eigenvalue weighted by molar-refractivity contribution is 5.69. The first-order chi connectivity index (χ1) is 8.87. The standard InChI is InChI=1S/C16H23NO2/c1-12-7-9-13(10-8-12)14-6-5-11-17(14)15(18)19-16(2,3)4/h7-10,14H,5-6,11H2,1-4H3. The van der Waals surface area contributed by atoms with Crippen LogP contribution in [0.3, 0.4) is 0 Å². The van der Waals surface area contributed by atoms with E-state index < -0.39 is 5.60 Å². The summed E-state index contributed by atoms with van der Waals surface area (Å²) in [7, 11) is 0. The lowest BCUT2D eigenvalue weighted by molar-refractivity contribution is 0.0224. The lowest BCUT2D eigenvalue weighted by Gasteiger charge is -2.28. The van der Waals surface area contributed by atoms with Crippen LogP contribution in [-0.2, 0) is 4.74 Å². The first-order valence-corrected chi connectivity index (χ1v) is 6.93. The first-order valence-electron chi connectivity index (χ1n) is 6.93. The molecule has 3 nitrogen and oxygen atoms in total. The normalized spacial score (nSPS) is 19.6. The van der Waals surface area contributed by atoms with Gasteiger partial charge in [-0.2, -0.15) is 0 Å². The number of ether oxygens (including phenoxy) is 1. The molecule has 1 amide bonds. The van der Waals surface area contributed by atoms with Gasteiger partial charge in [-0.05, 0) is 46.1 Å².